The molecule has 0 atom stereocenters. The molecule has 7 heteroatoms. The SMILES string of the molecule is CN(C)C(=O)c1sc(NCc2cnn(C)c2)cc1N. The number of hydrogen-bond acceptors (Lipinski definition) is 5. The van der Waals surface area contributed by atoms with Gasteiger partial charge in [0, 0.05) is 39.4 Å². The molecule has 1 amide bonds. The van der Waals surface area contributed by atoms with Gasteiger partial charge in [-0.3, -0.25) is 9.48 Å². The highest BCUT2D eigenvalue weighted by molar-refractivity contribution is 7.18. The van der Waals surface area contributed by atoms with Gasteiger partial charge in [0.05, 0.1) is 16.9 Å². The van der Waals surface area contributed by atoms with Crippen LogP contribution in [0.3, 0.4) is 0 Å². The Balaban J connectivity index is 2.06. The molecule has 0 spiro atoms. The van der Waals surface area contributed by atoms with Crippen molar-refractivity contribution in [1.82, 2.24) is 14.7 Å². The molecule has 0 saturated heterocycles. The number of anilines is 2. The third kappa shape index (κ3) is 3.05. The summed E-state index contributed by atoms with van der Waals surface area (Å²) in [5.41, 5.74) is 7.45. The van der Waals surface area contributed by atoms with E-state index < -0.39 is 0 Å². The molecule has 3 N–H and O–H groups in total. The second-order valence-corrected chi connectivity index (χ2v) is 5.52. The van der Waals surface area contributed by atoms with E-state index in [0.29, 0.717) is 17.1 Å². The van der Waals surface area contributed by atoms with E-state index in [1.54, 1.807) is 31.0 Å². The van der Waals surface area contributed by atoms with Crippen molar-refractivity contribution in [1.29, 1.82) is 0 Å². The minimum absolute atomic E-state index is 0.0723. The first kappa shape index (κ1) is 13.4. The summed E-state index contributed by atoms with van der Waals surface area (Å²) in [5, 5.41) is 8.22. The van der Waals surface area contributed by atoms with Gasteiger partial charge in [-0.2, -0.15) is 5.10 Å². The number of nitrogens with one attached hydrogen (secondary N) is 1. The quantitative estimate of drug-likeness (QED) is 0.886. The van der Waals surface area contributed by atoms with Crippen LogP contribution < -0.4 is 11.1 Å². The van der Waals surface area contributed by atoms with Crippen LogP contribution in [0.15, 0.2) is 18.5 Å². The minimum atomic E-state index is -0.0723. The Bertz CT molecular complexity index is 587. The molecule has 0 aromatic carbocycles. The Labute approximate surface area is 115 Å². The van der Waals surface area contributed by atoms with Crippen LogP contribution in [-0.4, -0.2) is 34.7 Å². The number of thiophene rings is 1. The van der Waals surface area contributed by atoms with Gasteiger partial charge in [0.1, 0.15) is 4.88 Å². The zero-order chi connectivity index (χ0) is 14.0. The number of nitrogens with zero attached hydrogens (tertiary/aromatic N) is 3. The van der Waals surface area contributed by atoms with Crippen molar-refractivity contribution < 1.29 is 4.79 Å². The summed E-state index contributed by atoms with van der Waals surface area (Å²) in [4.78, 5) is 14.0. The smallest absolute Gasteiger partial charge is 0.265 e. The summed E-state index contributed by atoms with van der Waals surface area (Å²) < 4.78 is 1.75. The second-order valence-electron chi connectivity index (χ2n) is 4.47. The number of nitrogens with two attached hydrogens (primary N) is 1. The fourth-order valence-corrected chi connectivity index (χ4v) is 2.61. The van der Waals surface area contributed by atoms with E-state index in [1.807, 2.05) is 13.2 Å². The average molecular weight is 279 g/mol. The maximum atomic E-state index is 11.9. The van der Waals surface area contributed by atoms with Gasteiger partial charge in [-0.05, 0) is 6.07 Å². The molecule has 2 rings (SSSR count). The van der Waals surface area contributed by atoms with Crippen LogP contribution in [0.1, 0.15) is 15.2 Å². The number of hydrogen-bond donors (Lipinski definition) is 2. The predicted octanol–water partition coefficient (Wildman–Crippen LogP) is 1.38. The van der Waals surface area contributed by atoms with Crippen molar-refractivity contribution in [3.05, 3.63) is 28.9 Å². The molecule has 2 aromatic rings. The Morgan fingerprint density at radius 3 is 2.89 bits per heavy atom. The largest absolute Gasteiger partial charge is 0.397 e. The zero-order valence-electron chi connectivity index (χ0n) is 11.2. The Morgan fingerprint density at radius 1 is 1.58 bits per heavy atom. The minimum Gasteiger partial charge on any atom is -0.397 e. The predicted molar refractivity (Wildman–Crippen MR) is 77.3 cm³/mol. The van der Waals surface area contributed by atoms with Gasteiger partial charge < -0.3 is 16.0 Å². The summed E-state index contributed by atoms with van der Waals surface area (Å²) in [6, 6.07) is 1.79. The number of amides is 1. The van der Waals surface area contributed by atoms with E-state index in [9.17, 15) is 4.79 Å². The van der Waals surface area contributed by atoms with Gasteiger partial charge in [-0.25, -0.2) is 0 Å². The molecule has 19 heavy (non-hydrogen) atoms. The van der Waals surface area contributed by atoms with Crippen LogP contribution in [-0.2, 0) is 13.6 Å². The number of aromatic nitrogens is 2. The third-order valence-corrected chi connectivity index (χ3v) is 3.68. The molecule has 0 radical (unpaired) electrons. The van der Waals surface area contributed by atoms with E-state index in [-0.39, 0.29) is 5.91 Å². The lowest BCUT2D eigenvalue weighted by molar-refractivity contribution is 0.0833. The lowest BCUT2D eigenvalue weighted by Crippen LogP contribution is -2.21. The van der Waals surface area contributed by atoms with Gasteiger partial charge >= 0.3 is 0 Å². The highest BCUT2D eigenvalue weighted by Gasteiger charge is 2.15. The van der Waals surface area contributed by atoms with Crippen LogP contribution in [0, 0.1) is 0 Å². The molecule has 0 bridgehead atoms. The summed E-state index contributed by atoms with van der Waals surface area (Å²) >= 11 is 1.37. The molecule has 0 aliphatic carbocycles. The van der Waals surface area contributed by atoms with E-state index in [4.69, 9.17) is 5.73 Å². The van der Waals surface area contributed by atoms with Crippen molar-refractivity contribution in [2.24, 2.45) is 7.05 Å². The van der Waals surface area contributed by atoms with Gasteiger partial charge in [-0.15, -0.1) is 11.3 Å². The number of aryl methyl sites for hydroxylation is 1. The van der Waals surface area contributed by atoms with Crippen molar-refractivity contribution in [3.8, 4) is 0 Å². The first-order chi connectivity index (χ1) is 8.97. The van der Waals surface area contributed by atoms with Crippen molar-refractivity contribution >= 4 is 27.9 Å². The van der Waals surface area contributed by atoms with Crippen molar-refractivity contribution in [3.63, 3.8) is 0 Å². The molecule has 0 unspecified atom stereocenters. The van der Waals surface area contributed by atoms with E-state index in [0.717, 1.165) is 10.6 Å². The Kier molecular flexibility index (Phi) is 3.75. The standard InChI is InChI=1S/C12H17N5OS/c1-16(2)12(18)11-9(13)4-10(19-11)14-5-8-6-15-17(3)7-8/h4,6-7,14H,5,13H2,1-3H3. The van der Waals surface area contributed by atoms with Gasteiger partial charge in [0.15, 0.2) is 0 Å². The van der Waals surface area contributed by atoms with Crippen LogP contribution in [0.5, 0.6) is 0 Å². The molecule has 0 fully saturated rings. The molecular formula is C12H17N5OS. The molecule has 6 nitrogen and oxygen atoms in total. The zero-order valence-corrected chi connectivity index (χ0v) is 12.0. The summed E-state index contributed by atoms with van der Waals surface area (Å²) in [5.74, 6) is -0.0723. The third-order valence-electron chi connectivity index (χ3n) is 2.59. The van der Waals surface area contributed by atoms with Crippen molar-refractivity contribution in [2.45, 2.75) is 6.54 Å². The molecule has 102 valence electrons. The maximum absolute atomic E-state index is 11.9. The normalized spacial score (nSPS) is 10.5. The Morgan fingerprint density at radius 2 is 2.32 bits per heavy atom. The number of nitrogen functional groups attached to an aromatic ring is 1. The van der Waals surface area contributed by atoms with E-state index in [1.165, 1.54) is 16.2 Å². The average Bonchev–Trinajstić information content (AvgIpc) is 2.92. The molecule has 0 aliphatic heterocycles. The fraction of sp³-hybridized carbons (Fsp3) is 0.333. The van der Waals surface area contributed by atoms with Crippen LogP contribution in [0.2, 0.25) is 0 Å². The lowest BCUT2D eigenvalue weighted by Gasteiger charge is -2.08. The van der Waals surface area contributed by atoms with Gasteiger partial charge in [0.2, 0.25) is 0 Å². The first-order valence-electron chi connectivity index (χ1n) is 5.79. The summed E-state index contributed by atoms with van der Waals surface area (Å²) in [7, 11) is 5.30. The van der Waals surface area contributed by atoms with Crippen LogP contribution in [0.25, 0.3) is 0 Å². The van der Waals surface area contributed by atoms with E-state index >= 15 is 0 Å². The van der Waals surface area contributed by atoms with E-state index in [2.05, 4.69) is 10.4 Å². The highest BCUT2D eigenvalue weighted by Crippen LogP contribution is 2.30. The van der Waals surface area contributed by atoms with Gasteiger partial charge in [0.25, 0.3) is 5.91 Å². The van der Waals surface area contributed by atoms with Gasteiger partial charge in [-0.1, -0.05) is 0 Å². The first-order valence-corrected chi connectivity index (χ1v) is 6.61. The van der Waals surface area contributed by atoms with Crippen LogP contribution >= 0.6 is 11.3 Å². The Hall–Kier alpha value is -2.02. The molecule has 2 heterocycles. The fourth-order valence-electron chi connectivity index (χ4n) is 1.61. The highest BCUT2D eigenvalue weighted by atomic mass is 32.1. The topological polar surface area (TPSA) is 76.2 Å². The van der Waals surface area contributed by atoms with Crippen LogP contribution in [0.4, 0.5) is 10.7 Å². The maximum Gasteiger partial charge on any atom is 0.265 e. The van der Waals surface area contributed by atoms with Crippen molar-refractivity contribution in [2.75, 3.05) is 25.1 Å². The monoisotopic (exact) mass is 279 g/mol. The molecule has 0 aliphatic rings. The second kappa shape index (κ2) is 5.31. The number of carbonyl (C=O) groups is 1. The lowest BCUT2D eigenvalue weighted by atomic mass is 10.3. The molecular weight excluding hydrogens is 262 g/mol. The molecule has 2 aromatic heterocycles. The number of carbonyl (C=O) groups excluding carboxylic acids is 1. The summed E-state index contributed by atoms with van der Waals surface area (Å²) in [6.45, 7) is 0.656. The number of rotatable bonds is 4. The molecule has 0 saturated carbocycles. The summed E-state index contributed by atoms with van der Waals surface area (Å²) in [6.07, 6.45) is 3.74.